The van der Waals surface area contributed by atoms with E-state index in [0.29, 0.717) is 23.1 Å². The molecule has 2 aliphatic rings. The predicted molar refractivity (Wildman–Crippen MR) is 71.6 cm³/mol. The van der Waals surface area contributed by atoms with Gasteiger partial charge >= 0.3 is 0 Å². The Hall–Kier alpha value is -1.42. The fraction of sp³-hybridized carbons (Fsp3) is 0.533. The molecule has 0 aliphatic carbocycles. The number of hydrogen-bond donors (Lipinski definition) is 1. The third kappa shape index (κ3) is 2.37. The normalized spacial score (nSPS) is 26.3. The number of piperidine rings is 1. The minimum absolute atomic E-state index is 0.0462. The fourth-order valence-electron chi connectivity index (χ4n) is 3.12. The second-order valence-electron chi connectivity index (χ2n) is 5.64. The minimum atomic E-state index is -0.305. The number of benzene rings is 1. The molecule has 0 saturated carbocycles. The SMILES string of the molecule is Cc1ccc(C(=O)N2C[C@@H]3CCCN[C@@H]3C2)cc1F. The predicted octanol–water partition coefficient (Wildman–Crippen LogP) is 1.96. The molecule has 102 valence electrons. The van der Waals surface area contributed by atoms with E-state index in [1.807, 2.05) is 4.90 Å². The highest BCUT2D eigenvalue weighted by Gasteiger charge is 2.36. The summed E-state index contributed by atoms with van der Waals surface area (Å²) in [5, 5.41) is 3.47. The highest BCUT2D eigenvalue weighted by Crippen LogP contribution is 2.26. The molecule has 0 radical (unpaired) electrons. The van der Waals surface area contributed by atoms with Crippen molar-refractivity contribution < 1.29 is 9.18 Å². The smallest absolute Gasteiger partial charge is 0.254 e. The number of likely N-dealkylation sites (tertiary alicyclic amines) is 1. The van der Waals surface area contributed by atoms with Gasteiger partial charge in [-0.25, -0.2) is 4.39 Å². The average Bonchev–Trinajstić information content (AvgIpc) is 2.85. The number of hydrogen-bond acceptors (Lipinski definition) is 2. The number of amides is 1. The van der Waals surface area contributed by atoms with E-state index < -0.39 is 0 Å². The van der Waals surface area contributed by atoms with Gasteiger partial charge in [0, 0.05) is 24.7 Å². The molecule has 0 aromatic heterocycles. The van der Waals surface area contributed by atoms with Crippen LogP contribution in [0.3, 0.4) is 0 Å². The van der Waals surface area contributed by atoms with Gasteiger partial charge in [-0.15, -0.1) is 0 Å². The van der Waals surface area contributed by atoms with E-state index in [-0.39, 0.29) is 11.7 Å². The molecule has 3 rings (SSSR count). The average molecular weight is 262 g/mol. The van der Waals surface area contributed by atoms with Crippen molar-refractivity contribution >= 4 is 5.91 Å². The van der Waals surface area contributed by atoms with Crippen molar-refractivity contribution in [2.45, 2.75) is 25.8 Å². The molecule has 3 nitrogen and oxygen atoms in total. The molecule has 2 heterocycles. The largest absolute Gasteiger partial charge is 0.337 e. The van der Waals surface area contributed by atoms with Gasteiger partial charge < -0.3 is 10.2 Å². The molecule has 2 atom stereocenters. The van der Waals surface area contributed by atoms with Gasteiger partial charge in [-0.05, 0) is 49.9 Å². The Labute approximate surface area is 112 Å². The van der Waals surface area contributed by atoms with Crippen LogP contribution in [0.15, 0.2) is 18.2 Å². The Balaban J connectivity index is 1.75. The number of rotatable bonds is 1. The summed E-state index contributed by atoms with van der Waals surface area (Å²) in [4.78, 5) is 14.2. The maximum Gasteiger partial charge on any atom is 0.254 e. The first kappa shape index (κ1) is 12.6. The molecule has 1 N–H and O–H groups in total. The van der Waals surface area contributed by atoms with Crippen LogP contribution in [0.25, 0.3) is 0 Å². The molecule has 0 unspecified atom stereocenters. The van der Waals surface area contributed by atoms with Crippen LogP contribution in [0, 0.1) is 18.7 Å². The molecule has 1 aromatic rings. The van der Waals surface area contributed by atoms with E-state index in [9.17, 15) is 9.18 Å². The number of carbonyl (C=O) groups excluding carboxylic acids is 1. The van der Waals surface area contributed by atoms with Crippen LogP contribution in [0.4, 0.5) is 4.39 Å². The molecular formula is C15H19FN2O. The van der Waals surface area contributed by atoms with E-state index in [2.05, 4.69) is 5.32 Å². The van der Waals surface area contributed by atoms with Gasteiger partial charge in [0.25, 0.3) is 5.91 Å². The minimum Gasteiger partial charge on any atom is -0.337 e. The molecule has 1 amide bonds. The summed E-state index contributed by atoms with van der Waals surface area (Å²) in [6.07, 6.45) is 2.37. The number of nitrogens with one attached hydrogen (secondary N) is 1. The number of nitrogens with zero attached hydrogens (tertiary/aromatic N) is 1. The van der Waals surface area contributed by atoms with Gasteiger partial charge in [0.2, 0.25) is 0 Å². The zero-order valence-electron chi connectivity index (χ0n) is 11.2. The second-order valence-corrected chi connectivity index (χ2v) is 5.64. The number of halogens is 1. The molecule has 2 aliphatic heterocycles. The Kier molecular flexibility index (Phi) is 3.27. The molecule has 0 spiro atoms. The van der Waals surface area contributed by atoms with E-state index in [1.54, 1.807) is 19.1 Å². The monoisotopic (exact) mass is 262 g/mol. The summed E-state index contributed by atoms with van der Waals surface area (Å²) in [6.45, 7) is 4.30. The molecule has 2 fully saturated rings. The van der Waals surface area contributed by atoms with Crippen LogP contribution in [-0.4, -0.2) is 36.5 Å². The lowest BCUT2D eigenvalue weighted by Gasteiger charge is -2.24. The van der Waals surface area contributed by atoms with Gasteiger partial charge in [-0.1, -0.05) is 6.07 Å². The second kappa shape index (κ2) is 4.93. The number of fused-ring (bicyclic) bond motifs is 1. The van der Waals surface area contributed by atoms with Crippen LogP contribution < -0.4 is 5.32 Å². The van der Waals surface area contributed by atoms with Crippen LogP contribution in [-0.2, 0) is 0 Å². The van der Waals surface area contributed by atoms with Crippen molar-refractivity contribution in [3.05, 3.63) is 35.1 Å². The summed E-state index contributed by atoms with van der Waals surface area (Å²) in [6, 6.07) is 5.17. The Morgan fingerprint density at radius 2 is 2.26 bits per heavy atom. The molecule has 4 heteroatoms. The van der Waals surface area contributed by atoms with E-state index in [0.717, 1.165) is 19.6 Å². The molecule has 1 aromatic carbocycles. The molecule has 19 heavy (non-hydrogen) atoms. The van der Waals surface area contributed by atoms with Crippen LogP contribution in [0.1, 0.15) is 28.8 Å². The summed E-state index contributed by atoms with van der Waals surface area (Å²) < 4.78 is 13.5. The van der Waals surface area contributed by atoms with Gasteiger partial charge in [0.15, 0.2) is 0 Å². The first-order chi connectivity index (χ1) is 9.15. The quantitative estimate of drug-likeness (QED) is 0.839. The van der Waals surface area contributed by atoms with E-state index in [4.69, 9.17) is 0 Å². The Morgan fingerprint density at radius 1 is 1.42 bits per heavy atom. The lowest BCUT2D eigenvalue weighted by molar-refractivity contribution is 0.0785. The zero-order chi connectivity index (χ0) is 13.4. The molecule has 2 saturated heterocycles. The summed E-state index contributed by atoms with van der Waals surface area (Å²) in [5.41, 5.74) is 1.04. The van der Waals surface area contributed by atoms with Gasteiger partial charge in [-0.3, -0.25) is 4.79 Å². The third-order valence-electron chi connectivity index (χ3n) is 4.31. The van der Waals surface area contributed by atoms with Gasteiger partial charge in [0.05, 0.1) is 0 Å². The highest BCUT2D eigenvalue weighted by atomic mass is 19.1. The van der Waals surface area contributed by atoms with Crippen LogP contribution in [0.2, 0.25) is 0 Å². The summed E-state index contributed by atoms with van der Waals surface area (Å²) >= 11 is 0. The van der Waals surface area contributed by atoms with Crippen molar-refractivity contribution in [2.24, 2.45) is 5.92 Å². The Morgan fingerprint density at radius 3 is 3.00 bits per heavy atom. The first-order valence-electron chi connectivity index (χ1n) is 6.94. The van der Waals surface area contributed by atoms with E-state index >= 15 is 0 Å². The van der Waals surface area contributed by atoms with Crippen molar-refractivity contribution in [2.75, 3.05) is 19.6 Å². The zero-order valence-corrected chi connectivity index (χ0v) is 11.2. The van der Waals surface area contributed by atoms with Gasteiger partial charge in [0.1, 0.15) is 5.82 Å². The summed E-state index contributed by atoms with van der Waals surface area (Å²) in [7, 11) is 0. The molecular weight excluding hydrogens is 243 g/mol. The van der Waals surface area contributed by atoms with Crippen LogP contribution in [0.5, 0.6) is 0 Å². The highest BCUT2D eigenvalue weighted by molar-refractivity contribution is 5.94. The van der Waals surface area contributed by atoms with Crippen LogP contribution >= 0.6 is 0 Å². The van der Waals surface area contributed by atoms with E-state index in [1.165, 1.54) is 18.9 Å². The first-order valence-corrected chi connectivity index (χ1v) is 6.94. The third-order valence-corrected chi connectivity index (χ3v) is 4.31. The number of aryl methyl sites for hydroxylation is 1. The maximum absolute atomic E-state index is 13.5. The van der Waals surface area contributed by atoms with Crippen molar-refractivity contribution in [3.8, 4) is 0 Å². The molecule has 0 bridgehead atoms. The lowest BCUT2D eigenvalue weighted by Crippen LogP contribution is -2.41. The maximum atomic E-state index is 13.5. The standard InChI is InChI=1S/C15H19FN2O/c1-10-4-5-11(7-13(10)16)15(19)18-8-12-3-2-6-17-14(12)9-18/h4-5,7,12,14,17H,2-3,6,8-9H2,1H3/t12-,14+/m0/s1. The number of carbonyl (C=O) groups is 1. The van der Waals surface area contributed by atoms with Crippen molar-refractivity contribution in [1.82, 2.24) is 10.2 Å². The summed E-state index contributed by atoms with van der Waals surface area (Å²) in [5.74, 6) is 0.212. The van der Waals surface area contributed by atoms with Crippen molar-refractivity contribution in [1.29, 1.82) is 0 Å². The van der Waals surface area contributed by atoms with Gasteiger partial charge in [-0.2, -0.15) is 0 Å². The fourth-order valence-corrected chi connectivity index (χ4v) is 3.12. The Bertz CT molecular complexity index is 489. The topological polar surface area (TPSA) is 32.3 Å². The lowest BCUT2D eigenvalue weighted by atomic mass is 9.94. The van der Waals surface area contributed by atoms with Crippen molar-refractivity contribution in [3.63, 3.8) is 0 Å².